The van der Waals surface area contributed by atoms with Crippen molar-refractivity contribution in [3.8, 4) is 34.1 Å². The molecule has 0 saturated carbocycles. The van der Waals surface area contributed by atoms with Crippen LogP contribution in [0.2, 0.25) is 0 Å². The molecular weight excluding hydrogens is 621 g/mol. The molecule has 0 unspecified atom stereocenters. The summed E-state index contributed by atoms with van der Waals surface area (Å²) in [5.41, 5.74) is 3.27. The number of nitrogens with zero attached hydrogens (tertiary/aromatic N) is 8. The van der Waals surface area contributed by atoms with Gasteiger partial charge in [-0.15, -0.1) is 5.10 Å². The average molecular weight is 659 g/mol. The Morgan fingerprint density at radius 1 is 1.02 bits per heavy atom. The number of hydrogen-bond donors (Lipinski definition) is 2. The Labute approximate surface area is 276 Å². The van der Waals surface area contributed by atoms with Gasteiger partial charge in [-0.1, -0.05) is 12.1 Å². The molecule has 0 fully saturated rings. The van der Waals surface area contributed by atoms with Crippen LogP contribution in [0.25, 0.3) is 33.7 Å². The van der Waals surface area contributed by atoms with E-state index in [-0.39, 0.29) is 17.2 Å². The van der Waals surface area contributed by atoms with Crippen LogP contribution in [0.1, 0.15) is 29.5 Å². The maximum absolute atomic E-state index is 13.8. The van der Waals surface area contributed by atoms with Crippen LogP contribution in [0.4, 0.5) is 23.9 Å². The van der Waals surface area contributed by atoms with Gasteiger partial charge in [0.2, 0.25) is 0 Å². The Morgan fingerprint density at radius 3 is 2.48 bits per heavy atom. The maximum atomic E-state index is 13.8. The Balaban J connectivity index is 1.45. The average Bonchev–Trinajstić information content (AvgIpc) is 3.69. The molecule has 0 atom stereocenters. The van der Waals surface area contributed by atoms with Crippen molar-refractivity contribution in [3.05, 3.63) is 83.7 Å². The number of amides is 2. The summed E-state index contributed by atoms with van der Waals surface area (Å²) in [7, 11) is 6.13. The minimum atomic E-state index is -4.55. The summed E-state index contributed by atoms with van der Waals surface area (Å²) in [4.78, 5) is 21.7. The van der Waals surface area contributed by atoms with Gasteiger partial charge in [0, 0.05) is 23.9 Å². The van der Waals surface area contributed by atoms with Crippen molar-refractivity contribution >= 4 is 17.6 Å². The van der Waals surface area contributed by atoms with E-state index in [4.69, 9.17) is 0 Å². The molecule has 0 saturated heterocycles. The van der Waals surface area contributed by atoms with Gasteiger partial charge in [-0.25, -0.2) is 14.0 Å². The first-order valence-corrected chi connectivity index (χ1v) is 15.5. The van der Waals surface area contributed by atoms with Gasteiger partial charge >= 0.3 is 12.2 Å². The number of benzene rings is 2. The number of carbonyl (C=O) groups is 1. The fraction of sp³-hybridized carbons (Fsp3) is 0.324. The summed E-state index contributed by atoms with van der Waals surface area (Å²) in [6.07, 6.45) is 0.576. The highest BCUT2D eigenvalue weighted by molar-refractivity contribution is 5.90. The second kappa shape index (κ2) is 14.7. The predicted molar refractivity (Wildman–Crippen MR) is 178 cm³/mol. The highest BCUT2D eigenvalue weighted by Crippen LogP contribution is 2.38. The quantitative estimate of drug-likeness (QED) is 0.162. The number of carbonyl (C=O) groups excluding carboxylic acids is 1. The number of halogens is 3. The summed E-state index contributed by atoms with van der Waals surface area (Å²) in [5, 5.41) is 23.7. The molecule has 5 aromatic rings. The molecule has 0 aliphatic heterocycles. The third kappa shape index (κ3) is 7.99. The van der Waals surface area contributed by atoms with E-state index >= 15 is 0 Å². The van der Waals surface area contributed by atoms with E-state index in [1.54, 1.807) is 60.4 Å². The van der Waals surface area contributed by atoms with Gasteiger partial charge in [0.25, 0.3) is 5.95 Å². The second-order valence-electron chi connectivity index (χ2n) is 11.8. The lowest BCUT2D eigenvalue weighted by Crippen LogP contribution is -2.32. The molecule has 2 amide bonds. The van der Waals surface area contributed by atoms with Crippen LogP contribution in [-0.4, -0.2) is 87.5 Å². The van der Waals surface area contributed by atoms with Gasteiger partial charge in [0.1, 0.15) is 0 Å². The van der Waals surface area contributed by atoms with Crippen molar-refractivity contribution in [2.24, 2.45) is 0 Å². The van der Waals surface area contributed by atoms with Crippen molar-refractivity contribution < 1.29 is 18.0 Å². The standard InChI is InChI=1S/C34H37F3N10O/c1-23-28(29-14-16-40-47(29)27-12-10-24(21-38)11-13-27)22-46-31(30(23)25-8-5-9-26(20-25)34(35,36)37)41-32(43-46)42-33(48)39-15-6-18-45(4)19-7-17-44(2)3/h5,8-14,16,20,22H,6-7,15,17-19H2,1-4H3,(H2,39,42,43,48). The predicted octanol–water partition coefficient (Wildman–Crippen LogP) is 5.84. The van der Waals surface area contributed by atoms with Crippen molar-refractivity contribution in [1.29, 1.82) is 5.26 Å². The lowest BCUT2D eigenvalue weighted by atomic mass is 9.95. The van der Waals surface area contributed by atoms with E-state index in [1.807, 2.05) is 21.1 Å². The number of pyridine rings is 1. The van der Waals surface area contributed by atoms with Crippen LogP contribution in [0.15, 0.2) is 67.0 Å². The molecule has 0 aliphatic rings. The zero-order chi connectivity index (χ0) is 34.4. The van der Waals surface area contributed by atoms with E-state index in [1.165, 1.54) is 10.6 Å². The molecule has 3 aromatic heterocycles. The smallest absolute Gasteiger partial charge is 0.338 e. The van der Waals surface area contributed by atoms with Crippen LogP contribution < -0.4 is 10.6 Å². The monoisotopic (exact) mass is 658 g/mol. The number of nitriles is 1. The van der Waals surface area contributed by atoms with E-state index in [2.05, 4.69) is 41.7 Å². The fourth-order valence-corrected chi connectivity index (χ4v) is 5.47. The van der Waals surface area contributed by atoms with E-state index in [0.717, 1.165) is 44.6 Å². The first kappa shape index (κ1) is 34.1. The minimum Gasteiger partial charge on any atom is -0.338 e. The van der Waals surface area contributed by atoms with Gasteiger partial charge in [-0.2, -0.15) is 28.5 Å². The van der Waals surface area contributed by atoms with Crippen molar-refractivity contribution in [2.45, 2.75) is 25.9 Å². The van der Waals surface area contributed by atoms with Crippen LogP contribution in [-0.2, 0) is 6.18 Å². The molecule has 0 aliphatic carbocycles. The van der Waals surface area contributed by atoms with Gasteiger partial charge < -0.3 is 15.1 Å². The highest BCUT2D eigenvalue weighted by Gasteiger charge is 2.31. The SMILES string of the molecule is Cc1c(-c2ccnn2-c2ccc(C#N)cc2)cn2nc(NC(=O)NCCCN(C)CCCN(C)C)nc2c1-c1cccc(C(F)(F)F)c1. The Morgan fingerprint density at radius 2 is 1.77 bits per heavy atom. The summed E-state index contributed by atoms with van der Waals surface area (Å²) in [5.74, 6) is -0.00122. The molecule has 5 rings (SSSR count). The van der Waals surface area contributed by atoms with Crippen molar-refractivity contribution in [3.63, 3.8) is 0 Å². The lowest BCUT2D eigenvalue weighted by Gasteiger charge is -2.18. The molecule has 2 N–H and O–H groups in total. The van der Waals surface area contributed by atoms with E-state index in [0.29, 0.717) is 40.2 Å². The topological polar surface area (TPSA) is 119 Å². The Hall–Kier alpha value is -5.26. The van der Waals surface area contributed by atoms with Gasteiger partial charge in [0.15, 0.2) is 5.65 Å². The van der Waals surface area contributed by atoms with Gasteiger partial charge in [-0.05, 0) is 114 Å². The third-order valence-electron chi connectivity index (χ3n) is 7.90. The number of rotatable bonds is 12. The van der Waals surface area contributed by atoms with Crippen LogP contribution in [0, 0.1) is 18.3 Å². The van der Waals surface area contributed by atoms with Gasteiger partial charge in [-0.3, -0.25) is 5.32 Å². The first-order valence-electron chi connectivity index (χ1n) is 15.5. The number of anilines is 1. The summed E-state index contributed by atoms with van der Waals surface area (Å²) in [6, 6.07) is 15.3. The Kier molecular flexibility index (Phi) is 10.4. The number of hydrogen-bond acceptors (Lipinski definition) is 7. The largest absolute Gasteiger partial charge is 0.416 e. The molecular formula is C34H37F3N10O. The van der Waals surface area contributed by atoms with Gasteiger partial charge in [0.05, 0.1) is 34.8 Å². The lowest BCUT2D eigenvalue weighted by molar-refractivity contribution is -0.137. The molecule has 0 radical (unpaired) electrons. The minimum absolute atomic E-state index is 0.00122. The number of fused-ring (bicyclic) bond motifs is 1. The molecule has 250 valence electrons. The van der Waals surface area contributed by atoms with Crippen LogP contribution in [0.3, 0.4) is 0 Å². The number of aromatic nitrogens is 5. The number of nitrogens with one attached hydrogen (secondary N) is 2. The molecule has 14 heteroatoms. The molecule has 11 nitrogen and oxygen atoms in total. The van der Waals surface area contributed by atoms with Crippen LogP contribution in [0.5, 0.6) is 0 Å². The third-order valence-corrected chi connectivity index (χ3v) is 7.90. The van der Waals surface area contributed by atoms with Crippen LogP contribution >= 0.6 is 0 Å². The summed E-state index contributed by atoms with van der Waals surface area (Å²) < 4.78 is 44.4. The second-order valence-corrected chi connectivity index (χ2v) is 11.8. The van der Waals surface area contributed by atoms with E-state index < -0.39 is 17.8 Å². The molecule has 3 heterocycles. The number of urea groups is 1. The fourth-order valence-electron chi connectivity index (χ4n) is 5.47. The number of alkyl halides is 3. The summed E-state index contributed by atoms with van der Waals surface area (Å²) in [6.45, 7) is 5.03. The zero-order valence-electron chi connectivity index (χ0n) is 27.2. The Bertz CT molecular complexity index is 1920. The van der Waals surface area contributed by atoms with Crippen molar-refractivity contribution in [1.82, 2.24) is 39.5 Å². The molecule has 2 aromatic carbocycles. The molecule has 48 heavy (non-hydrogen) atoms. The summed E-state index contributed by atoms with van der Waals surface area (Å²) >= 11 is 0. The zero-order valence-corrected chi connectivity index (χ0v) is 27.2. The van der Waals surface area contributed by atoms with Crippen molar-refractivity contribution in [2.75, 3.05) is 52.6 Å². The first-order chi connectivity index (χ1) is 22.9. The molecule has 0 bridgehead atoms. The van der Waals surface area contributed by atoms with E-state index in [9.17, 15) is 23.2 Å². The maximum Gasteiger partial charge on any atom is 0.416 e. The molecule has 0 spiro atoms. The highest BCUT2D eigenvalue weighted by atomic mass is 19.4. The normalized spacial score (nSPS) is 11.8.